The molecule has 0 aromatic rings. The maximum absolute atomic E-state index is 3.85. The summed E-state index contributed by atoms with van der Waals surface area (Å²) in [5.74, 6) is 0. The van der Waals surface area contributed by atoms with Gasteiger partial charge < -0.3 is 0 Å². The normalized spacial score (nSPS) is 12.4. The van der Waals surface area contributed by atoms with E-state index in [1.165, 1.54) is 44.9 Å². The van der Waals surface area contributed by atoms with E-state index in [0.29, 0.717) is 0 Å². The fourth-order valence-corrected chi connectivity index (χ4v) is 1.56. The maximum atomic E-state index is 3.85. The molecule has 0 saturated carbocycles. The van der Waals surface area contributed by atoms with Gasteiger partial charge in [-0.05, 0) is 25.7 Å². The first-order valence-electron chi connectivity index (χ1n) is 7.17. The quantitative estimate of drug-likeness (QED) is 0.232. The van der Waals surface area contributed by atoms with Crippen molar-refractivity contribution in [2.75, 3.05) is 0 Å². The topological polar surface area (TPSA) is 0 Å². The molecular formula is C17H29. The zero-order chi connectivity index (χ0) is 12.6. The van der Waals surface area contributed by atoms with Crippen LogP contribution >= 0.6 is 0 Å². The summed E-state index contributed by atoms with van der Waals surface area (Å²) in [4.78, 5) is 0. The first-order chi connectivity index (χ1) is 8.41. The third-order valence-electron chi connectivity index (χ3n) is 2.67. The van der Waals surface area contributed by atoms with Gasteiger partial charge in [0.15, 0.2) is 0 Å². The number of hydrogen-bond acceptors (Lipinski definition) is 0. The largest absolute Gasteiger partial charge is 0.0882 e. The van der Waals surface area contributed by atoms with Crippen molar-refractivity contribution in [2.24, 2.45) is 0 Å². The third-order valence-corrected chi connectivity index (χ3v) is 2.67. The van der Waals surface area contributed by atoms with Gasteiger partial charge in [-0.1, -0.05) is 82.4 Å². The van der Waals surface area contributed by atoms with E-state index in [-0.39, 0.29) is 0 Å². The average Bonchev–Trinajstić information content (AvgIpc) is 2.35. The highest BCUT2D eigenvalue weighted by molar-refractivity contribution is 5.04. The van der Waals surface area contributed by atoms with Crippen LogP contribution in [-0.4, -0.2) is 0 Å². The van der Waals surface area contributed by atoms with E-state index in [2.05, 4.69) is 50.3 Å². The van der Waals surface area contributed by atoms with Gasteiger partial charge in [-0.15, -0.1) is 0 Å². The second-order valence-corrected chi connectivity index (χ2v) is 4.41. The molecule has 0 aliphatic heterocycles. The van der Waals surface area contributed by atoms with E-state index >= 15 is 0 Å². The third kappa shape index (κ3) is 15.2. The van der Waals surface area contributed by atoms with Crippen LogP contribution in [0.25, 0.3) is 0 Å². The molecular weight excluding hydrogens is 204 g/mol. The van der Waals surface area contributed by atoms with Crippen molar-refractivity contribution in [2.45, 2.75) is 64.7 Å². The zero-order valence-corrected chi connectivity index (χ0v) is 11.5. The van der Waals surface area contributed by atoms with Gasteiger partial charge in [0.2, 0.25) is 0 Å². The molecule has 0 rings (SSSR count). The Morgan fingerprint density at radius 2 is 1.53 bits per heavy atom. The summed E-state index contributed by atoms with van der Waals surface area (Å²) in [5, 5.41) is 0. The fraction of sp³-hybridized carbons (Fsp3) is 0.588. The second-order valence-electron chi connectivity index (χ2n) is 4.41. The molecule has 0 aromatic heterocycles. The first kappa shape index (κ1) is 16.2. The van der Waals surface area contributed by atoms with Crippen LogP contribution in [0.4, 0.5) is 0 Å². The molecule has 0 nitrogen and oxygen atoms in total. The molecule has 0 bridgehead atoms. The fourth-order valence-electron chi connectivity index (χ4n) is 1.56. The molecule has 1 radical (unpaired) electrons. The molecule has 0 aliphatic carbocycles. The van der Waals surface area contributed by atoms with Crippen molar-refractivity contribution in [3.05, 3.63) is 43.4 Å². The second kappa shape index (κ2) is 15.2. The minimum atomic E-state index is 1.06. The van der Waals surface area contributed by atoms with Crippen LogP contribution in [-0.2, 0) is 0 Å². The van der Waals surface area contributed by atoms with E-state index in [1.807, 2.05) is 0 Å². The summed E-state index contributed by atoms with van der Waals surface area (Å²) < 4.78 is 0. The summed E-state index contributed by atoms with van der Waals surface area (Å²) in [6.07, 6.45) is 24.4. The molecule has 0 saturated heterocycles. The molecule has 0 heteroatoms. The van der Waals surface area contributed by atoms with Gasteiger partial charge in [0, 0.05) is 0 Å². The van der Waals surface area contributed by atoms with Gasteiger partial charge in [0.05, 0.1) is 0 Å². The average molecular weight is 233 g/mol. The lowest BCUT2D eigenvalue weighted by Crippen LogP contribution is -1.73. The molecule has 0 heterocycles. The van der Waals surface area contributed by atoms with E-state index in [4.69, 9.17) is 0 Å². The Bertz CT molecular complexity index is 208. The molecule has 0 unspecified atom stereocenters. The molecule has 0 aliphatic rings. The Morgan fingerprint density at radius 3 is 2.29 bits per heavy atom. The number of unbranched alkanes of at least 4 members (excludes halogenated alkanes) is 6. The number of hydrogen-bond donors (Lipinski definition) is 0. The monoisotopic (exact) mass is 233 g/mol. The van der Waals surface area contributed by atoms with Gasteiger partial charge in [0.25, 0.3) is 0 Å². The van der Waals surface area contributed by atoms with Crippen LogP contribution in [0.2, 0.25) is 0 Å². The van der Waals surface area contributed by atoms with Crippen LogP contribution in [0, 0.1) is 6.92 Å². The lowest BCUT2D eigenvalue weighted by Gasteiger charge is -1.93. The molecule has 0 amide bonds. The van der Waals surface area contributed by atoms with Crippen LogP contribution < -0.4 is 0 Å². The molecule has 0 fully saturated rings. The minimum absolute atomic E-state index is 1.06. The van der Waals surface area contributed by atoms with E-state index in [9.17, 15) is 0 Å². The van der Waals surface area contributed by atoms with E-state index in [1.54, 1.807) is 0 Å². The summed E-state index contributed by atoms with van der Waals surface area (Å²) in [6, 6.07) is 0. The van der Waals surface area contributed by atoms with E-state index < -0.39 is 0 Å². The molecule has 0 atom stereocenters. The lowest BCUT2D eigenvalue weighted by molar-refractivity contribution is 0.694. The molecule has 97 valence electrons. The molecule has 0 aromatic carbocycles. The van der Waals surface area contributed by atoms with E-state index in [0.717, 1.165) is 12.8 Å². The maximum Gasteiger partial charge on any atom is -0.0166 e. The minimum Gasteiger partial charge on any atom is -0.0882 e. The number of rotatable bonds is 11. The molecule has 17 heavy (non-hydrogen) atoms. The van der Waals surface area contributed by atoms with Crippen LogP contribution in [0.1, 0.15) is 64.7 Å². The summed E-state index contributed by atoms with van der Waals surface area (Å²) in [5.41, 5.74) is 0. The highest BCUT2D eigenvalue weighted by atomic mass is 13.9. The van der Waals surface area contributed by atoms with Crippen molar-refractivity contribution in [1.29, 1.82) is 0 Å². The van der Waals surface area contributed by atoms with Crippen LogP contribution in [0.5, 0.6) is 0 Å². The zero-order valence-electron chi connectivity index (χ0n) is 11.5. The Labute approximate surface area is 109 Å². The Hall–Kier alpha value is -0.780. The predicted molar refractivity (Wildman–Crippen MR) is 80.0 cm³/mol. The van der Waals surface area contributed by atoms with Gasteiger partial charge in [0.1, 0.15) is 0 Å². The summed E-state index contributed by atoms with van der Waals surface area (Å²) in [7, 11) is 0. The Balaban J connectivity index is 3.27. The first-order valence-corrected chi connectivity index (χ1v) is 7.17. The Kier molecular flexibility index (Phi) is 14.5. The van der Waals surface area contributed by atoms with Crippen molar-refractivity contribution in [3.63, 3.8) is 0 Å². The summed E-state index contributed by atoms with van der Waals surface area (Å²) in [6.45, 7) is 6.07. The van der Waals surface area contributed by atoms with Crippen LogP contribution in [0.15, 0.2) is 36.5 Å². The van der Waals surface area contributed by atoms with Gasteiger partial charge in [-0.2, -0.15) is 0 Å². The Morgan fingerprint density at radius 1 is 0.765 bits per heavy atom. The van der Waals surface area contributed by atoms with Crippen molar-refractivity contribution in [1.82, 2.24) is 0 Å². The van der Waals surface area contributed by atoms with Crippen molar-refractivity contribution < 1.29 is 0 Å². The highest BCUT2D eigenvalue weighted by Crippen LogP contribution is 2.03. The van der Waals surface area contributed by atoms with Crippen molar-refractivity contribution >= 4 is 0 Å². The lowest BCUT2D eigenvalue weighted by atomic mass is 10.1. The van der Waals surface area contributed by atoms with Gasteiger partial charge in [-0.3, -0.25) is 0 Å². The smallest absolute Gasteiger partial charge is 0.0166 e. The number of allylic oxidation sites excluding steroid dienone is 6. The van der Waals surface area contributed by atoms with Crippen LogP contribution in [0.3, 0.4) is 0 Å². The summed E-state index contributed by atoms with van der Waals surface area (Å²) >= 11 is 0. The van der Waals surface area contributed by atoms with Crippen molar-refractivity contribution in [3.8, 4) is 0 Å². The standard InChI is InChI=1S/C17H29/c1-3-5-7-9-11-13-15-17-16-14-12-10-8-6-4-2/h10,12-16H,1,3-9,11,17H2,2H3. The SMILES string of the molecule is [CH2]CCCCCC=CCC=CC=CCCCC. The predicted octanol–water partition coefficient (Wildman–Crippen LogP) is 6.02. The molecule has 0 N–H and O–H groups in total. The highest BCUT2D eigenvalue weighted by Gasteiger charge is 1.83. The van der Waals surface area contributed by atoms with Gasteiger partial charge >= 0.3 is 0 Å². The van der Waals surface area contributed by atoms with Gasteiger partial charge in [-0.25, -0.2) is 0 Å². The molecule has 0 spiro atoms.